The lowest BCUT2D eigenvalue weighted by atomic mass is 10.0. The number of benzene rings is 3. The lowest BCUT2D eigenvalue weighted by molar-refractivity contribution is -0.274. The topological polar surface area (TPSA) is 65.4 Å². The molecular formula is C25H26F3N3O2S. The maximum Gasteiger partial charge on any atom is 0.573 e. The van der Waals surface area contributed by atoms with Crippen molar-refractivity contribution in [3.8, 4) is 5.75 Å². The second-order valence-electron chi connectivity index (χ2n) is 8.40. The molecule has 2 unspecified atom stereocenters. The molecule has 0 aromatic heterocycles. The molecule has 1 aliphatic rings. The summed E-state index contributed by atoms with van der Waals surface area (Å²) >= 11 is 0. The monoisotopic (exact) mass is 489 g/mol. The summed E-state index contributed by atoms with van der Waals surface area (Å²) in [5.41, 5.74) is 4.82. The van der Waals surface area contributed by atoms with Crippen LogP contribution < -0.4 is 14.4 Å². The van der Waals surface area contributed by atoms with E-state index >= 15 is 0 Å². The Hall–Kier alpha value is -3.04. The van der Waals surface area contributed by atoms with Crippen LogP contribution in [0.2, 0.25) is 0 Å². The first-order chi connectivity index (χ1) is 16.1. The standard InChI is InChI=1S/C25H26F3N3O2S/c1-18(16-30-34(29,32)22-14-12-21(13-15-22)33-25(26,27)28)17-31-23-8-4-2-6-19(23)10-11-20-7-3-5-9-24(20)31/h2-9,12-15,18H,10-11,16-17H2,1H3,(H2,29,30,32). The van der Waals surface area contributed by atoms with Gasteiger partial charge in [-0.3, -0.25) is 0 Å². The molecule has 0 radical (unpaired) electrons. The van der Waals surface area contributed by atoms with Gasteiger partial charge in [-0.15, -0.1) is 13.2 Å². The summed E-state index contributed by atoms with van der Waals surface area (Å²) < 4.78 is 64.9. The molecule has 34 heavy (non-hydrogen) atoms. The fraction of sp³-hybridized carbons (Fsp3) is 0.280. The largest absolute Gasteiger partial charge is 0.573 e. The van der Waals surface area contributed by atoms with Crippen molar-refractivity contribution in [2.45, 2.75) is 31.0 Å². The van der Waals surface area contributed by atoms with Crippen LogP contribution >= 0.6 is 0 Å². The number of hydrogen-bond acceptors (Lipinski definition) is 4. The molecule has 2 atom stereocenters. The van der Waals surface area contributed by atoms with Gasteiger partial charge < -0.3 is 9.64 Å². The summed E-state index contributed by atoms with van der Waals surface area (Å²) in [5.74, 6) is -0.392. The Kier molecular flexibility index (Phi) is 6.86. The molecule has 0 fully saturated rings. The average molecular weight is 490 g/mol. The van der Waals surface area contributed by atoms with Crippen molar-refractivity contribution < 1.29 is 22.1 Å². The molecule has 4 rings (SSSR count). The van der Waals surface area contributed by atoms with E-state index in [4.69, 9.17) is 4.78 Å². The Balaban J connectivity index is 1.46. The number of para-hydroxylation sites is 2. The third-order valence-corrected chi connectivity index (χ3v) is 7.26. The fourth-order valence-corrected chi connectivity index (χ4v) is 5.32. The maximum atomic E-state index is 12.9. The molecule has 3 aromatic rings. The van der Waals surface area contributed by atoms with Gasteiger partial charge >= 0.3 is 6.36 Å². The van der Waals surface area contributed by atoms with E-state index in [1.165, 1.54) is 23.3 Å². The number of hydrogen-bond donors (Lipinski definition) is 2. The van der Waals surface area contributed by atoms with Gasteiger partial charge in [0.25, 0.3) is 0 Å². The number of alkyl halides is 3. The summed E-state index contributed by atoms with van der Waals surface area (Å²) in [4.78, 5) is 2.37. The van der Waals surface area contributed by atoms with Crippen LogP contribution in [0.3, 0.4) is 0 Å². The van der Waals surface area contributed by atoms with E-state index in [1.807, 2.05) is 31.2 Å². The van der Waals surface area contributed by atoms with Crippen LogP contribution in [0.5, 0.6) is 5.75 Å². The quantitative estimate of drug-likeness (QED) is 0.424. The molecule has 0 saturated heterocycles. The molecule has 0 spiro atoms. The van der Waals surface area contributed by atoms with Crippen LogP contribution in [0.15, 0.2) is 77.7 Å². The van der Waals surface area contributed by atoms with Crippen LogP contribution in [-0.4, -0.2) is 23.7 Å². The minimum Gasteiger partial charge on any atom is -0.406 e. The maximum absolute atomic E-state index is 12.9. The number of rotatable bonds is 7. The van der Waals surface area contributed by atoms with Gasteiger partial charge in [0.15, 0.2) is 0 Å². The van der Waals surface area contributed by atoms with Gasteiger partial charge in [0.1, 0.15) is 15.7 Å². The van der Waals surface area contributed by atoms with Gasteiger partial charge in [0, 0.05) is 24.5 Å². The summed E-state index contributed by atoms with van der Waals surface area (Å²) in [6.45, 7) is 2.96. The second kappa shape index (κ2) is 9.68. The van der Waals surface area contributed by atoms with Crippen LogP contribution in [0.1, 0.15) is 18.1 Å². The van der Waals surface area contributed by atoms with Crippen molar-refractivity contribution in [3.63, 3.8) is 0 Å². The lowest BCUT2D eigenvalue weighted by Crippen LogP contribution is -2.33. The minimum atomic E-state index is -4.80. The molecule has 5 nitrogen and oxygen atoms in total. The van der Waals surface area contributed by atoms with Gasteiger partial charge in [0.05, 0.1) is 4.90 Å². The normalized spacial score (nSPS) is 16.1. The number of aryl methyl sites for hydroxylation is 2. The molecule has 0 aliphatic carbocycles. The molecule has 9 heteroatoms. The highest BCUT2D eigenvalue weighted by atomic mass is 32.2. The van der Waals surface area contributed by atoms with E-state index in [9.17, 15) is 17.4 Å². The zero-order valence-corrected chi connectivity index (χ0v) is 19.5. The van der Waals surface area contributed by atoms with E-state index in [1.54, 1.807) is 0 Å². The van der Waals surface area contributed by atoms with E-state index in [2.05, 4.69) is 38.6 Å². The van der Waals surface area contributed by atoms with E-state index in [-0.39, 0.29) is 10.8 Å². The first kappa shape index (κ1) is 24.1. The summed E-state index contributed by atoms with van der Waals surface area (Å²) in [6.07, 6.45) is -2.90. The highest BCUT2D eigenvalue weighted by Gasteiger charge is 2.31. The van der Waals surface area contributed by atoms with Gasteiger partial charge in [0.2, 0.25) is 0 Å². The predicted molar refractivity (Wildman–Crippen MR) is 127 cm³/mol. The van der Waals surface area contributed by atoms with Gasteiger partial charge in [-0.1, -0.05) is 43.3 Å². The summed E-state index contributed by atoms with van der Waals surface area (Å²) in [5, 5.41) is 0. The number of halogens is 3. The zero-order chi connectivity index (χ0) is 24.3. The number of anilines is 2. The zero-order valence-electron chi connectivity index (χ0n) is 18.6. The predicted octanol–water partition coefficient (Wildman–Crippen LogP) is 6.07. The SMILES string of the molecule is CC(CNS(=N)(=O)c1ccc(OC(F)(F)F)cc1)CN1c2ccccc2CCc2ccccc21. The third kappa shape index (κ3) is 5.71. The van der Waals surface area contributed by atoms with Gasteiger partial charge in [-0.05, 0) is 66.3 Å². The van der Waals surface area contributed by atoms with Crippen molar-refractivity contribution in [1.82, 2.24) is 4.72 Å². The van der Waals surface area contributed by atoms with Gasteiger partial charge in [-0.2, -0.15) is 0 Å². The Bertz CT molecular complexity index is 1200. The summed E-state index contributed by atoms with van der Waals surface area (Å²) in [6, 6.07) is 21.2. The Morgan fingerprint density at radius 1 is 0.971 bits per heavy atom. The first-order valence-corrected chi connectivity index (χ1v) is 12.5. The Morgan fingerprint density at radius 2 is 1.50 bits per heavy atom. The smallest absolute Gasteiger partial charge is 0.406 e. The van der Waals surface area contributed by atoms with Crippen LogP contribution in [0.25, 0.3) is 0 Å². The minimum absolute atomic E-state index is 0.0261. The lowest BCUT2D eigenvalue weighted by Gasteiger charge is -2.30. The van der Waals surface area contributed by atoms with Crippen LogP contribution in [0, 0.1) is 10.7 Å². The van der Waals surface area contributed by atoms with E-state index < -0.39 is 22.0 Å². The average Bonchev–Trinajstić information content (AvgIpc) is 2.95. The molecule has 1 heterocycles. The molecule has 180 valence electrons. The molecule has 0 saturated carbocycles. The van der Waals surface area contributed by atoms with Crippen molar-refractivity contribution in [2.75, 3.05) is 18.0 Å². The molecule has 2 N–H and O–H groups in total. The fourth-order valence-electron chi connectivity index (χ4n) is 4.12. The molecule has 0 bridgehead atoms. The summed E-state index contributed by atoms with van der Waals surface area (Å²) in [7, 11) is -3.39. The number of ether oxygens (including phenoxy) is 1. The molecule has 3 aromatic carbocycles. The number of fused-ring (bicyclic) bond motifs is 2. The molecule has 0 amide bonds. The van der Waals surface area contributed by atoms with Crippen LogP contribution in [-0.2, 0) is 22.8 Å². The van der Waals surface area contributed by atoms with Crippen molar-refractivity contribution in [3.05, 3.63) is 83.9 Å². The Morgan fingerprint density at radius 3 is 2.03 bits per heavy atom. The second-order valence-corrected chi connectivity index (χ2v) is 10.3. The first-order valence-electron chi connectivity index (χ1n) is 10.9. The van der Waals surface area contributed by atoms with Crippen LogP contribution in [0.4, 0.5) is 24.5 Å². The van der Waals surface area contributed by atoms with Gasteiger partial charge in [-0.25, -0.2) is 13.7 Å². The number of nitrogens with zero attached hydrogens (tertiary/aromatic N) is 1. The van der Waals surface area contributed by atoms with E-state index in [0.717, 1.165) is 36.3 Å². The van der Waals surface area contributed by atoms with Crippen molar-refractivity contribution in [1.29, 1.82) is 4.78 Å². The van der Waals surface area contributed by atoms with E-state index in [0.29, 0.717) is 13.1 Å². The highest BCUT2D eigenvalue weighted by Crippen LogP contribution is 2.36. The van der Waals surface area contributed by atoms with Crippen molar-refractivity contribution in [2.24, 2.45) is 5.92 Å². The highest BCUT2D eigenvalue weighted by molar-refractivity contribution is 7.90. The molecule has 1 aliphatic heterocycles. The Labute approximate surface area is 197 Å². The van der Waals surface area contributed by atoms with Crippen molar-refractivity contribution >= 4 is 21.3 Å². The third-order valence-electron chi connectivity index (χ3n) is 5.75. The number of nitrogens with one attached hydrogen (secondary N) is 2. The molecular weight excluding hydrogens is 463 g/mol.